The molecule has 1 aromatic heterocycles. The van der Waals surface area contributed by atoms with Crippen LogP contribution < -0.4 is 5.32 Å². The Labute approximate surface area is 114 Å². The van der Waals surface area contributed by atoms with Crippen molar-refractivity contribution in [1.29, 1.82) is 0 Å². The van der Waals surface area contributed by atoms with Crippen molar-refractivity contribution < 1.29 is 0 Å². The summed E-state index contributed by atoms with van der Waals surface area (Å²) in [5.74, 6) is 0. The molecule has 0 aliphatic rings. The van der Waals surface area contributed by atoms with Crippen molar-refractivity contribution in [1.82, 2.24) is 4.98 Å². The molecule has 1 N–H and O–H groups in total. The second-order valence-corrected chi connectivity index (χ2v) is 5.17. The summed E-state index contributed by atoms with van der Waals surface area (Å²) >= 11 is 5.12. The van der Waals surface area contributed by atoms with E-state index < -0.39 is 0 Å². The predicted molar refractivity (Wildman–Crippen MR) is 77.5 cm³/mol. The number of pyridine rings is 1. The fraction of sp³-hybridized carbons (Fsp3) is 0.154. The van der Waals surface area contributed by atoms with E-state index in [0.717, 1.165) is 22.5 Å². The standard InChI is InChI=1S/C13H13BrN2S/c1-17-12-7-3-2-6-11(12)15-9-10-5-4-8-13(14)16-10/h2-8,15H,9H2,1H3. The van der Waals surface area contributed by atoms with Crippen LogP contribution in [0.2, 0.25) is 0 Å². The highest BCUT2D eigenvalue weighted by atomic mass is 79.9. The molecule has 0 aliphatic heterocycles. The number of anilines is 1. The largest absolute Gasteiger partial charge is 0.378 e. The Bertz CT molecular complexity index is 502. The van der Waals surface area contributed by atoms with Crippen LogP contribution in [0.25, 0.3) is 0 Å². The van der Waals surface area contributed by atoms with E-state index in [2.05, 4.69) is 44.6 Å². The number of benzene rings is 1. The van der Waals surface area contributed by atoms with Gasteiger partial charge < -0.3 is 5.32 Å². The highest BCUT2D eigenvalue weighted by Crippen LogP contribution is 2.24. The Hall–Kier alpha value is -1.000. The first-order chi connectivity index (χ1) is 8.29. The van der Waals surface area contributed by atoms with E-state index in [1.807, 2.05) is 30.3 Å². The minimum atomic E-state index is 0.733. The molecule has 0 spiro atoms. The third kappa shape index (κ3) is 3.48. The van der Waals surface area contributed by atoms with Gasteiger partial charge in [0.2, 0.25) is 0 Å². The van der Waals surface area contributed by atoms with Crippen LogP contribution in [0.4, 0.5) is 5.69 Å². The SMILES string of the molecule is CSc1ccccc1NCc1cccc(Br)n1. The minimum Gasteiger partial charge on any atom is -0.378 e. The lowest BCUT2D eigenvalue weighted by Gasteiger charge is -2.09. The smallest absolute Gasteiger partial charge is 0.106 e. The third-order valence-corrected chi connectivity index (χ3v) is 3.58. The Kier molecular flexibility index (Phi) is 4.45. The first-order valence-corrected chi connectivity index (χ1v) is 7.29. The normalized spacial score (nSPS) is 10.2. The van der Waals surface area contributed by atoms with Gasteiger partial charge in [0.1, 0.15) is 4.60 Å². The van der Waals surface area contributed by atoms with Crippen LogP contribution in [0, 0.1) is 0 Å². The van der Waals surface area contributed by atoms with Gasteiger partial charge in [-0.25, -0.2) is 4.98 Å². The molecule has 2 aromatic rings. The number of thioether (sulfide) groups is 1. The summed E-state index contributed by atoms with van der Waals surface area (Å²) < 4.78 is 0.870. The predicted octanol–water partition coefficient (Wildman–Crippen LogP) is 4.18. The van der Waals surface area contributed by atoms with Gasteiger partial charge in [0, 0.05) is 10.6 Å². The summed E-state index contributed by atoms with van der Waals surface area (Å²) in [5.41, 5.74) is 2.18. The number of hydrogen-bond donors (Lipinski definition) is 1. The molecule has 0 radical (unpaired) electrons. The third-order valence-electron chi connectivity index (χ3n) is 2.34. The van der Waals surface area contributed by atoms with Crippen LogP contribution >= 0.6 is 27.7 Å². The van der Waals surface area contributed by atoms with E-state index >= 15 is 0 Å². The van der Waals surface area contributed by atoms with Gasteiger partial charge in [-0.15, -0.1) is 11.8 Å². The average molecular weight is 309 g/mol. The Morgan fingerprint density at radius 1 is 1.18 bits per heavy atom. The quantitative estimate of drug-likeness (QED) is 0.677. The number of para-hydroxylation sites is 1. The second kappa shape index (κ2) is 6.07. The average Bonchev–Trinajstić information content (AvgIpc) is 2.37. The van der Waals surface area contributed by atoms with Crippen LogP contribution in [-0.4, -0.2) is 11.2 Å². The van der Waals surface area contributed by atoms with E-state index in [1.165, 1.54) is 4.90 Å². The molecule has 2 nitrogen and oxygen atoms in total. The van der Waals surface area contributed by atoms with Gasteiger partial charge in [-0.3, -0.25) is 0 Å². The number of nitrogens with zero attached hydrogens (tertiary/aromatic N) is 1. The molecule has 0 aliphatic carbocycles. The number of rotatable bonds is 4. The van der Waals surface area contributed by atoms with Gasteiger partial charge in [-0.05, 0) is 46.5 Å². The molecule has 88 valence electrons. The summed E-state index contributed by atoms with van der Waals surface area (Å²) in [6.07, 6.45) is 2.08. The van der Waals surface area contributed by atoms with Gasteiger partial charge in [0.05, 0.1) is 12.2 Å². The minimum absolute atomic E-state index is 0.733. The zero-order valence-electron chi connectivity index (χ0n) is 9.48. The first-order valence-electron chi connectivity index (χ1n) is 5.28. The highest BCUT2D eigenvalue weighted by Gasteiger charge is 2.00. The first kappa shape index (κ1) is 12.5. The lowest BCUT2D eigenvalue weighted by molar-refractivity contribution is 1.02. The van der Waals surface area contributed by atoms with Crippen molar-refractivity contribution in [3.05, 3.63) is 52.8 Å². The Morgan fingerprint density at radius 3 is 2.76 bits per heavy atom. The van der Waals surface area contributed by atoms with E-state index in [4.69, 9.17) is 0 Å². The molecule has 0 saturated carbocycles. The highest BCUT2D eigenvalue weighted by molar-refractivity contribution is 9.10. The van der Waals surface area contributed by atoms with Gasteiger partial charge >= 0.3 is 0 Å². The number of nitrogens with one attached hydrogen (secondary N) is 1. The molecule has 1 heterocycles. The molecule has 0 bridgehead atoms. The monoisotopic (exact) mass is 308 g/mol. The van der Waals surface area contributed by atoms with Crippen LogP contribution in [0.1, 0.15) is 5.69 Å². The molecule has 1 aromatic carbocycles. The maximum absolute atomic E-state index is 4.39. The van der Waals surface area contributed by atoms with Crippen molar-refractivity contribution >= 4 is 33.4 Å². The molecule has 0 saturated heterocycles. The van der Waals surface area contributed by atoms with Gasteiger partial charge in [0.25, 0.3) is 0 Å². The molecule has 0 atom stereocenters. The molecular formula is C13H13BrN2S. The fourth-order valence-corrected chi connectivity index (χ4v) is 2.48. The van der Waals surface area contributed by atoms with Gasteiger partial charge in [-0.2, -0.15) is 0 Å². The van der Waals surface area contributed by atoms with Crippen molar-refractivity contribution in [2.75, 3.05) is 11.6 Å². The maximum atomic E-state index is 4.39. The molecular weight excluding hydrogens is 296 g/mol. The lowest BCUT2D eigenvalue weighted by Crippen LogP contribution is -2.02. The van der Waals surface area contributed by atoms with Crippen LogP contribution in [0.15, 0.2) is 52.0 Å². The van der Waals surface area contributed by atoms with E-state index in [0.29, 0.717) is 0 Å². The molecule has 4 heteroatoms. The zero-order valence-corrected chi connectivity index (χ0v) is 11.9. The van der Waals surface area contributed by atoms with Gasteiger partial charge in [0.15, 0.2) is 0 Å². The van der Waals surface area contributed by atoms with Crippen LogP contribution in [0.5, 0.6) is 0 Å². The van der Waals surface area contributed by atoms with Crippen molar-refractivity contribution in [2.45, 2.75) is 11.4 Å². The van der Waals surface area contributed by atoms with E-state index in [-0.39, 0.29) is 0 Å². The molecule has 0 unspecified atom stereocenters. The summed E-state index contributed by atoms with van der Waals surface area (Å²) in [6, 6.07) is 14.2. The summed E-state index contributed by atoms with van der Waals surface area (Å²) in [6.45, 7) is 0.733. The molecule has 0 fully saturated rings. The maximum Gasteiger partial charge on any atom is 0.106 e. The van der Waals surface area contributed by atoms with Crippen molar-refractivity contribution in [3.63, 3.8) is 0 Å². The number of halogens is 1. The van der Waals surface area contributed by atoms with Crippen molar-refractivity contribution in [3.8, 4) is 0 Å². The second-order valence-electron chi connectivity index (χ2n) is 3.51. The van der Waals surface area contributed by atoms with E-state index in [9.17, 15) is 0 Å². The summed E-state index contributed by atoms with van der Waals surface area (Å²) in [7, 11) is 0. The Balaban J connectivity index is 2.07. The number of hydrogen-bond acceptors (Lipinski definition) is 3. The van der Waals surface area contributed by atoms with E-state index in [1.54, 1.807) is 11.8 Å². The fourth-order valence-electron chi connectivity index (χ4n) is 1.53. The number of aromatic nitrogens is 1. The summed E-state index contributed by atoms with van der Waals surface area (Å²) in [4.78, 5) is 5.64. The topological polar surface area (TPSA) is 24.9 Å². The Morgan fingerprint density at radius 2 is 2.00 bits per heavy atom. The van der Waals surface area contributed by atoms with Crippen LogP contribution in [-0.2, 0) is 6.54 Å². The summed E-state index contributed by atoms with van der Waals surface area (Å²) in [5, 5.41) is 3.40. The lowest BCUT2D eigenvalue weighted by atomic mass is 10.3. The van der Waals surface area contributed by atoms with Crippen molar-refractivity contribution in [2.24, 2.45) is 0 Å². The zero-order chi connectivity index (χ0) is 12.1. The molecule has 2 rings (SSSR count). The molecule has 0 amide bonds. The molecule has 17 heavy (non-hydrogen) atoms. The van der Waals surface area contributed by atoms with Gasteiger partial charge in [-0.1, -0.05) is 18.2 Å². The van der Waals surface area contributed by atoms with Crippen LogP contribution in [0.3, 0.4) is 0 Å².